The van der Waals surface area contributed by atoms with Crippen molar-refractivity contribution in [2.75, 3.05) is 9.71 Å². The third kappa shape index (κ3) is 4.12. The first-order valence-electron chi connectivity index (χ1n) is 22.0. The summed E-state index contributed by atoms with van der Waals surface area (Å²) in [5.74, 6) is 0. The first-order valence-corrected chi connectivity index (χ1v) is 22.0. The number of para-hydroxylation sites is 3. The van der Waals surface area contributed by atoms with Crippen LogP contribution in [-0.2, 0) is 5.41 Å². The molecule has 10 aromatic carbocycles. The highest BCUT2D eigenvalue weighted by molar-refractivity contribution is 6.94. The van der Waals surface area contributed by atoms with Crippen molar-refractivity contribution in [3.05, 3.63) is 235 Å². The topological polar surface area (TPSA) is 19.6 Å². The molecule has 0 amide bonds. The molecule has 0 saturated carbocycles. The summed E-state index contributed by atoms with van der Waals surface area (Å²) in [7, 11) is 0. The summed E-state index contributed by atoms with van der Waals surface area (Å²) in [6, 6.07) is 79.0. The van der Waals surface area contributed by atoms with Crippen LogP contribution < -0.4 is 20.6 Å². The molecule has 0 radical (unpaired) electrons. The summed E-state index contributed by atoms with van der Waals surface area (Å²) in [5, 5.41) is 4.73. The van der Waals surface area contributed by atoms with E-state index in [4.69, 9.17) is 4.42 Å². The van der Waals surface area contributed by atoms with E-state index in [1.807, 2.05) is 0 Å². The molecule has 1 aliphatic carbocycles. The fourth-order valence-electron chi connectivity index (χ4n) is 12.2. The molecule has 0 unspecified atom stereocenters. The lowest BCUT2D eigenvalue weighted by atomic mass is 9.42. The fourth-order valence-corrected chi connectivity index (χ4v) is 12.2. The number of benzene rings is 10. The Labute approximate surface area is 364 Å². The second kappa shape index (κ2) is 12.1. The molecule has 15 rings (SSSR count). The number of rotatable bonds is 2. The summed E-state index contributed by atoms with van der Waals surface area (Å²) in [6.07, 6.45) is 0. The van der Waals surface area contributed by atoms with Crippen molar-refractivity contribution in [3.63, 3.8) is 0 Å². The minimum absolute atomic E-state index is 0.177. The highest BCUT2D eigenvalue weighted by Gasteiger charge is 2.56. The van der Waals surface area contributed by atoms with Crippen molar-refractivity contribution < 1.29 is 4.42 Å². The molecule has 4 heterocycles. The minimum atomic E-state index is -0.543. The van der Waals surface area contributed by atoms with Gasteiger partial charge in [-0.25, -0.2) is 0 Å². The second-order valence-corrected chi connectivity index (χ2v) is 17.5. The third-order valence-corrected chi connectivity index (χ3v) is 14.6. The van der Waals surface area contributed by atoms with Crippen LogP contribution in [0.15, 0.2) is 217 Å². The molecule has 3 aliphatic heterocycles. The van der Waals surface area contributed by atoms with Crippen LogP contribution in [-0.4, -0.2) is 6.85 Å². The predicted molar refractivity (Wildman–Crippen MR) is 261 cm³/mol. The number of hydrogen-bond acceptors (Lipinski definition) is 3. The van der Waals surface area contributed by atoms with Crippen LogP contribution in [0, 0.1) is 0 Å². The van der Waals surface area contributed by atoms with Gasteiger partial charge in [0.1, 0.15) is 5.58 Å². The van der Waals surface area contributed by atoms with Gasteiger partial charge in [0.05, 0.1) is 16.8 Å². The average Bonchev–Trinajstić information content (AvgIpc) is 3.87. The predicted octanol–water partition coefficient (Wildman–Crippen LogP) is 13.8. The molecule has 290 valence electrons. The zero-order valence-corrected chi connectivity index (χ0v) is 34.1. The Kier molecular flexibility index (Phi) is 6.43. The summed E-state index contributed by atoms with van der Waals surface area (Å²) in [5.41, 5.74) is 22.4. The average molecular weight is 799 g/mol. The van der Waals surface area contributed by atoms with E-state index in [0.29, 0.717) is 0 Å². The molecule has 1 spiro atoms. The van der Waals surface area contributed by atoms with Crippen molar-refractivity contribution in [2.45, 2.75) is 5.41 Å². The van der Waals surface area contributed by atoms with Crippen LogP contribution in [0.5, 0.6) is 0 Å². The van der Waals surface area contributed by atoms with Crippen LogP contribution in [0.3, 0.4) is 0 Å². The van der Waals surface area contributed by atoms with Gasteiger partial charge in [0.2, 0.25) is 0 Å². The maximum Gasteiger partial charge on any atom is 0.333 e. The SMILES string of the molecule is c1ccc(-c2ccc(N3B4c5cccc6c5N(c5ccccc5C65c6ccccc6-c6ccccc65)c5c4c(cc4c5oc5ccccc54)-c4c3ccc3ccccc43)cc2)cc1. The number of nitrogens with zero attached hydrogens (tertiary/aromatic N) is 2. The molecule has 63 heavy (non-hydrogen) atoms. The minimum Gasteiger partial charge on any atom is -0.454 e. The van der Waals surface area contributed by atoms with Gasteiger partial charge >= 0.3 is 6.85 Å². The van der Waals surface area contributed by atoms with E-state index in [1.165, 1.54) is 94.4 Å². The summed E-state index contributed by atoms with van der Waals surface area (Å²) >= 11 is 0. The lowest BCUT2D eigenvalue weighted by Crippen LogP contribution is -2.62. The highest BCUT2D eigenvalue weighted by atomic mass is 16.3. The van der Waals surface area contributed by atoms with E-state index in [-0.39, 0.29) is 6.85 Å². The summed E-state index contributed by atoms with van der Waals surface area (Å²) in [4.78, 5) is 5.23. The fraction of sp³-hybridized carbons (Fsp3) is 0.0169. The molecule has 0 atom stereocenters. The van der Waals surface area contributed by atoms with Gasteiger partial charge < -0.3 is 14.1 Å². The molecule has 0 bridgehead atoms. The Bertz CT molecular complexity index is 3730. The Hall–Kier alpha value is -8.08. The third-order valence-electron chi connectivity index (χ3n) is 14.6. The number of hydrogen-bond donors (Lipinski definition) is 0. The summed E-state index contributed by atoms with van der Waals surface area (Å²) in [6.45, 7) is -0.177. The molecule has 0 fully saturated rings. The zero-order valence-electron chi connectivity index (χ0n) is 34.1. The molecule has 4 aliphatic rings. The molecule has 11 aromatic rings. The second-order valence-electron chi connectivity index (χ2n) is 17.5. The number of fused-ring (bicyclic) bond motifs is 19. The molecular weight excluding hydrogens is 763 g/mol. The van der Waals surface area contributed by atoms with E-state index >= 15 is 0 Å². The van der Waals surface area contributed by atoms with Crippen molar-refractivity contribution in [1.29, 1.82) is 0 Å². The van der Waals surface area contributed by atoms with Gasteiger partial charge in [0, 0.05) is 33.4 Å². The largest absolute Gasteiger partial charge is 0.454 e. The van der Waals surface area contributed by atoms with Crippen molar-refractivity contribution in [3.8, 4) is 33.4 Å². The van der Waals surface area contributed by atoms with Crippen LogP contribution >= 0.6 is 0 Å². The Morgan fingerprint density at radius 1 is 0.429 bits per heavy atom. The van der Waals surface area contributed by atoms with Crippen LogP contribution in [0.4, 0.5) is 28.4 Å². The van der Waals surface area contributed by atoms with Gasteiger partial charge in [-0.3, -0.25) is 0 Å². The number of anilines is 5. The molecule has 0 N–H and O–H groups in total. The quantitative estimate of drug-likeness (QED) is 0.162. The summed E-state index contributed by atoms with van der Waals surface area (Å²) < 4.78 is 7.20. The Morgan fingerprint density at radius 3 is 1.89 bits per heavy atom. The molecule has 3 nitrogen and oxygen atoms in total. The van der Waals surface area contributed by atoms with E-state index in [2.05, 4.69) is 222 Å². The zero-order chi connectivity index (χ0) is 41.0. The van der Waals surface area contributed by atoms with E-state index in [0.717, 1.165) is 33.3 Å². The number of furan rings is 1. The first-order chi connectivity index (χ1) is 31.3. The molecular formula is C59H35BN2O. The smallest absolute Gasteiger partial charge is 0.333 e. The van der Waals surface area contributed by atoms with Crippen molar-refractivity contribution in [2.24, 2.45) is 0 Å². The maximum atomic E-state index is 7.20. The van der Waals surface area contributed by atoms with Crippen LogP contribution in [0.1, 0.15) is 22.3 Å². The van der Waals surface area contributed by atoms with Crippen molar-refractivity contribution in [1.82, 2.24) is 0 Å². The van der Waals surface area contributed by atoms with Gasteiger partial charge in [-0.05, 0) is 108 Å². The van der Waals surface area contributed by atoms with Gasteiger partial charge in [-0.1, -0.05) is 176 Å². The van der Waals surface area contributed by atoms with Gasteiger partial charge in [-0.2, -0.15) is 0 Å². The van der Waals surface area contributed by atoms with Gasteiger partial charge in [-0.15, -0.1) is 0 Å². The normalized spacial score (nSPS) is 14.4. The molecule has 1 aromatic heterocycles. The van der Waals surface area contributed by atoms with Gasteiger partial charge in [0.15, 0.2) is 5.58 Å². The standard InChI is InChI=1S/C59H35BN2O/c1-2-15-36(16-3-1)37-29-32-39(33-30-37)62-52-34-31-38-17-4-5-18-40(38)54(52)45-35-44-43-21-8-13-28-53(43)63-58(44)57-55(45)60(62)50-26-14-25-49-56(50)61(57)51-27-12-11-24-48(51)59(49)46-22-9-6-19-41(46)42-20-7-10-23-47(42)59/h1-35H. The van der Waals surface area contributed by atoms with Crippen LogP contribution in [0.2, 0.25) is 0 Å². The van der Waals surface area contributed by atoms with E-state index in [9.17, 15) is 0 Å². The van der Waals surface area contributed by atoms with Gasteiger partial charge in [0.25, 0.3) is 0 Å². The Balaban J connectivity index is 1.12. The first kappa shape index (κ1) is 33.6. The lowest BCUT2D eigenvalue weighted by molar-refractivity contribution is 0.668. The van der Waals surface area contributed by atoms with E-state index < -0.39 is 5.41 Å². The van der Waals surface area contributed by atoms with Crippen molar-refractivity contribution >= 4 is 78.9 Å². The molecule has 4 heteroatoms. The maximum absolute atomic E-state index is 7.20. The Morgan fingerprint density at radius 2 is 1.08 bits per heavy atom. The van der Waals surface area contributed by atoms with E-state index in [1.54, 1.807) is 0 Å². The molecule has 0 saturated heterocycles. The highest BCUT2D eigenvalue weighted by Crippen LogP contribution is 2.64. The lowest BCUT2D eigenvalue weighted by Gasteiger charge is -2.51. The van der Waals surface area contributed by atoms with Crippen LogP contribution in [0.25, 0.3) is 66.1 Å². The monoisotopic (exact) mass is 798 g/mol.